The van der Waals surface area contributed by atoms with Crippen molar-refractivity contribution in [1.29, 1.82) is 0 Å². The molecule has 0 fully saturated rings. The average molecular weight is 335 g/mol. The quantitative estimate of drug-likeness (QED) is 0.688. The molecule has 2 amide bonds. The standard InChI is InChI=1S/C18H29N3O3/c1-5-14(6-2)19-17(22)12-21(7-3)13-18(23)20-15-10-8-9-11-16(15)24-4/h8-11,14H,5-7,12-13H2,1-4H3,(H,19,22)(H,20,23). The van der Waals surface area contributed by atoms with Crippen LogP contribution < -0.4 is 15.4 Å². The predicted molar refractivity (Wildman–Crippen MR) is 96.3 cm³/mol. The minimum absolute atomic E-state index is 0.0457. The molecule has 0 unspecified atom stereocenters. The van der Waals surface area contributed by atoms with Gasteiger partial charge in [0.2, 0.25) is 11.8 Å². The van der Waals surface area contributed by atoms with Gasteiger partial charge in [0.25, 0.3) is 0 Å². The van der Waals surface area contributed by atoms with E-state index in [0.717, 1.165) is 12.8 Å². The number of nitrogens with one attached hydrogen (secondary N) is 2. The SMILES string of the molecule is CCC(CC)NC(=O)CN(CC)CC(=O)Nc1ccccc1OC. The van der Waals surface area contributed by atoms with Gasteiger partial charge in [-0.3, -0.25) is 14.5 Å². The summed E-state index contributed by atoms with van der Waals surface area (Å²) in [6, 6.07) is 7.44. The zero-order chi connectivity index (χ0) is 17.9. The fourth-order valence-corrected chi connectivity index (χ4v) is 2.39. The maximum atomic E-state index is 12.2. The van der Waals surface area contributed by atoms with Gasteiger partial charge in [-0.15, -0.1) is 0 Å². The van der Waals surface area contributed by atoms with Crippen LogP contribution in [0.3, 0.4) is 0 Å². The van der Waals surface area contributed by atoms with Crippen LogP contribution in [0.25, 0.3) is 0 Å². The van der Waals surface area contributed by atoms with Crippen LogP contribution in [0.5, 0.6) is 5.75 Å². The molecule has 0 heterocycles. The maximum absolute atomic E-state index is 12.2. The van der Waals surface area contributed by atoms with Gasteiger partial charge in [0.1, 0.15) is 5.75 Å². The molecule has 0 aliphatic rings. The first-order valence-electron chi connectivity index (χ1n) is 8.48. The van der Waals surface area contributed by atoms with E-state index < -0.39 is 0 Å². The van der Waals surface area contributed by atoms with E-state index in [9.17, 15) is 9.59 Å². The van der Waals surface area contributed by atoms with Gasteiger partial charge in [0.15, 0.2) is 0 Å². The van der Waals surface area contributed by atoms with Crippen LogP contribution in [0, 0.1) is 0 Å². The Balaban J connectivity index is 2.55. The molecular formula is C18H29N3O3. The van der Waals surface area contributed by atoms with E-state index in [1.165, 1.54) is 0 Å². The second-order valence-corrected chi connectivity index (χ2v) is 5.63. The molecule has 134 valence electrons. The molecule has 0 saturated carbocycles. The van der Waals surface area contributed by atoms with Gasteiger partial charge in [-0.25, -0.2) is 0 Å². The van der Waals surface area contributed by atoms with Crippen LogP contribution in [0.15, 0.2) is 24.3 Å². The molecule has 0 bridgehead atoms. The first kappa shape index (κ1) is 20.0. The lowest BCUT2D eigenvalue weighted by atomic mass is 10.2. The Morgan fingerprint density at radius 1 is 1.08 bits per heavy atom. The number of anilines is 1. The summed E-state index contributed by atoms with van der Waals surface area (Å²) in [4.78, 5) is 26.1. The molecule has 1 aromatic carbocycles. The lowest BCUT2D eigenvalue weighted by molar-refractivity contribution is -0.124. The molecular weight excluding hydrogens is 306 g/mol. The highest BCUT2D eigenvalue weighted by atomic mass is 16.5. The van der Waals surface area contributed by atoms with Gasteiger partial charge < -0.3 is 15.4 Å². The third-order valence-corrected chi connectivity index (χ3v) is 3.91. The van der Waals surface area contributed by atoms with Gasteiger partial charge in [0.05, 0.1) is 25.9 Å². The fraction of sp³-hybridized carbons (Fsp3) is 0.556. The first-order valence-corrected chi connectivity index (χ1v) is 8.48. The topological polar surface area (TPSA) is 70.7 Å². The predicted octanol–water partition coefficient (Wildman–Crippen LogP) is 2.26. The molecule has 1 aromatic rings. The number of amides is 2. The molecule has 1 rings (SSSR count). The highest BCUT2D eigenvalue weighted by Crippen LogP contribution is 2.22. The Labute approximate surface area is 144 Å². The molecule has 24 heavy (non-hydrogen) atoms. The summed E-state index contributed by atoms with van der Waals surface area (Å²) in [5.41, 5.74) is 0.627. The average Bonchev–Trinajstić information content (AvgIpc) is 2.59. The van der Waals surface area contributed by atoms with E-state index in [1.54, 1.807) is 19.2 Å². The minimum atomic E-state index is -0.170. The molecule has 0 atom stereocenters. The van der Waals surface area contributed by atoms with Crippen molar-refractivity contribution in [3.05, 3.63) is 24.3 Å². The highest BCUT2D eigenvalue weighted by Gasteiger charge is 2.16. The van der Waals surface area contributed by atoms with Crippen molar-refractivity contribution in [2.45, 2.75) is 39.7 Å². The van der Waals surface area contributed by atoms with Crippen molar-refractivity contribution >= 4 is 17.5 Å². The number of benzene rings is 1. The van der Waals surface area contributed by atoms with Gasteiger partial charge in [-0.2, -0.15) is 0 Å². The minimum Gasteiger partial charge on any atom is -0.495 e. The molecule has 0 aliphatic heterocycles. The summed E-state index contributed by atoms with van der Waals surface area (Å²) in [7, 11) is 1.56. The van der Waals surface area contributed by atoms with Gasteiger partial charge in [-0.1, -0.05) is 32.9 Å². The summed E-state index contributed by atoms with van der Waals surface area (Å²) in [5.74, 6) is 0.396. The van der Waals surface area contributed by atoms with Crippen LogP contribution >= 0.6 is 0 Å². The van der Waals surface area contributed by atoms with Crippen molar-refractivity contribution in [2.24, 2.45) is 0 Å². The lowest BCUT2D eigenvalue weighted by Gasteiger charge is -2.22. The lowest BCUT2D eigenvalue weighted by Crippen LogP contribution is -2.44. The number of ether oxygens (including phenoxy) is 1. The van der Waals surface area contributed by atoms with Gasteiger partial charge in [-0.05, 0) is 31.5 Å². The number of nitrogens with zero attached hydrogens (tertiary/aromatic N) is 1. The van der Waals surface area contributed by atoms with Crippen molar-refractivity contribution < 1.29 is 14.3 Å². The molecule has 0 spiro atoms. The van der Waals surface area contributed by atoms with E-state index in [-0.39, 0.29) is 30.9 Å². The second kappa shape index (κ2) is 10.6. The molecule has 0 aliphatic carbocycles. The summed E-state index contributed by atoms with van der Waals surface area (Å²) < 4.78 is 5.22. The number of likely N-dealkylation sites (N-methyl/N-ethyl adjacent to an activating group) is 1. The van der Waals surface area contributed by atoms with Crippen molar-refractivity contribution in [3.8, 4) is 5.75 Å². The van der Waals surface area contributed by atoms with Crippen molar-refractivity contribution in [1.82, 2.24) is 10.2 Å². The third kappa shape index (κ3) is 6.58. The van der Waals surface area contributed by atoms with E-state index in [0.29, 0.717) is 18.0 Å². The molecule has 6 heteroatoms. The number of carbonyl (C=O) groups is 2. The highest BCUT2D eigenvalue weighted by molar-refractivity contribution is 5.94. The molecule has 0 aromatic heterocycles. The number of para-hydroxylation sites is 2. The largest absolute Gasteiger partial charge is 0.495 e. The van der Waals surface area contributed by atoms with Crippen LogP contribution in [-0.2, 0) is 9.59 Å². The summed E-state index contributed by atoms with van der Waals surface area (Å²) in [6.45, 7) is 7.02. The van der Waals surface area contributed by atoms with E-state index >= 15 is 0 Å². The molecule has 0 saturated heterocycles. The molecule has 0 radical (unpaired) electrons. The number of hydrogen-bond acceptors (Lipinski definition) is 4. The summed E-state index contributed by atoms with van der Waals surface area (Å²) in [6.07, 6.45) is 1.81. The zero-order valence-corrected chi connectivity index (χ0v) is 15.1. The van der Waals surface area contributed by atoms with Crippen LogP contribution in [0.2, 0.25) is 0 Å². The molecule has 2 N–H and O–H groups in total. The van der Waals surface area contributed by atoms with Gasteiger partial charge in [0, 0.05) is 6.04 Å². The Hall–Kier alpha value is -2.08. The Bertz CT molecular complexity index is 530. The van der Waals surface area contributed by atoms with Crippen LogP contribution in [-0.4, -0.2) is 49.5 Å². The van der Waals surface area contributed by atoms with Crippen molar-refractivity contribution in [3.63, 3.8) is 0 Å². The Morgan fingerprint density at radius 2 is 1.71 bits per heavy atom. The zero-order valence-electron chi connectivity index (χ0n) is 15.1. The van der Waals surface area contributed by atoms with Gasteiger partial charge >= 0.3 is 0 Å². The normalized spacial score (nSPS) is 10.8. The summed E-state index contributed by atoms with van der Waals surface area (Å²) >= 11 is 0. The number of rotatable bonds is 10. The molecule has 6 nitrogen and oxygen atoms in total. The third-order valence-electron chi connectivity index (χ3n) is 3.91. The smallest absolute Gasteiger partial charge is 0.238 e. The Morgan fingerprint density at radius 3 is 2.29 bits per heavy atom. The second-order valence-electron chi connectivity index (χ2n) is 5.63. The number of hydrogen-bond donors (Lipinski definition) is 2. The van der Waals surface area contributed by atoms with Crippen LogP contribution in [0.4, 0.5) is 5.69 Å². The number of methoxy groups -OCH3 is 1. The fourth-order valence-electron chi connectivity index (χ4n) is 2.39. The van der Waals surface area contributed by atoms with Crippen molar-refractivity contribution in [2.75, 3.05) is 32.1 Å². The maximum Gasteiger partial charge on any atom is 0.238 e. The van der Waals surface area contributed by atoms with E-state index in [2.05, 4.69) is 10.6 Å². The monoisotopic (exact) mass is 335 g/mol. The van der Waals surface area contributed by atoms with Crippen LogP contribution in [0.1, 0.15) is 33.6 Å². The Kier molecular flexibility index (Phi) is 8.86. The summed E-state index contributed by atoms with van der Waals surface area (Å²) in [5, 5.41) is 5.82. The number of carbonyl (C=O) groups excluding carboxylic acids is 2. The van der Waals surface area contributed by atoms with E-state index in [1.807, 2.05) is 37.8 Å². The van der Waals surface area contributed by atoms with E-state index in [4.69, 9.17) is 4.74 Å². The first-order chi connectivity index (χ1) is 11.5.